The molecular formula is C15H18ClN3O3S. The summed E-state index contributed by atoms with van der Waals surface area (Å²) < 4.78 is 25.1. The Hall–Kier alpha value is -1.86. The Morgan fingerprint density at radius 1 is 1.39 bits per heavy atom. The molecule has 1 amide bonds. The highest BCUT2D eigenvalue weighted by Gasteiger charge is 2.19. The fourth-order valence-corrected chi connectivity index (χ4v) is 3.53. The lowest BCUT2D eigenvalue weighted by Gasteiger charge is -2.14. The molecular weight excluding hydrogens is 338 g/mol. The highest BCUT2D eigenvalue weighted by Crippen LogP contribution is 2.23. The van der Waals surface area contributed by atoms with Gasteiger partial charge >= 0.3 is 0 Å². The van der Waals surface area contributed by atoms with Crippen LogP contribution >= 0.6 is 11.6 Å². The molecule has 1 aromatic carbocycles. The first kappa shape index (κ1) is 17.5. The number of hydrogen-bond donors (Lipinski definition) is 1. The van der Waals surface area contributed by atoms with Gasteiger partial charge in [0.1, 0.15) is 0 Å². The summed E-state index contributed by atoms with van der Waals surface area (Å²) >= 11 is 5.89. The monoisotopic (exact) mass is 355 g/mol. The van der Waals surface area contributed by atoms with Crippen molar-refractivity contribution < 1.29 is 13.2 Å². The minimum atomic E-state index is -3.50. The first-order chi connectivity index (χ1) is 10.6. The quantitative estimate of drug-likeness (QED) is 0.912. The van der Waals surface area contributed by atoms with Gasteiger partial charge in [-0.1, -0.05) is 11.6 Å². The highest BCUT2D eigenvalue weighted by atomic mass is 35.5. The highest BCUT2D eigenvalue weighted by molar-refractivity contribution is 7.90. The lowest BCUT2D eigenvalue weighted by molar-refractivity contribution is 0.0939. The summed E-state index contributed by atoms with van der Waals surface area (Å²) in [4.78, 5) is 12.3. The normalized spacial score (nSPS) is 12.9. The molecule has 0 bridgehead atoms. The van der Waals surface area contributed by atoms with E-state index in [0.717, 1.165) is 17.5 Å². The number of aryl methyl sites for hydroxylation is 1. The van der Waals surface area contributed by atoms with E-state index in [1.807, 2.05) is 20.9 Å². The van der Waals surface area contributed by atoms with Crippen molar-refractivity contribution in [2.24, 2.45) is 7.05 Å². The van der Waals surface area contributed by atoms with Gasteiger partial charge in [0, 0.05) is 30.1 Å². The lowest BCUT2D eigenvalue weighted by Crippen LogP contribution is -2.27. The molecule has 23 heavy (non-hydrogen) atoms. The van der Waals surface area contributed by atoms with Gasteiger partial charge < -0.3 is 5.32 Å². The Morgan fingerprint density at radius 3 is 2.57 bits per heavy atom. The van der Waals surface area contributed by atoms with Crippen LogP contribution in [0.4, 0.5) is 0 Å². The summed E-state index contributed by atoms with van der Waals surface area (Å²) in [6.45, 7) is 3.75. The summed E-state index contributed by atoms with van der Waals surface area (Å²) in [6.07, 6.45) is 2.75. The van der Waals surface area contributed by atoms with E-state index in [4.69, 9.17) is 11.6 Å². The van der Waals surface area contributed by atoms with Gasteiger partial charge in [-0.3, -0.25) is 9.48 Å². The van der Waals surface area contributed by atoms with Crippen LogP contribution in [0, 0.1) is 6.92 Å². The molecule has 2 aromatic rings. The number of halogens is 1. The largest absolute Gasteiger partial charge is 0.345 e. The molecule has 0 spiro atoms. The van der Waals surface area contributed by atoms with Crippen LogP contribution in [-0.2, 0) is 16.9 Å². The fraction of sp³-hybridized carbons (Fsp3) is 0.333. The number of nitrogens with one attached hydrogen (secondary N) is 1. The van der Waals surface area contributed by atoms with Gasteiger partial charge in [-0.05, 0) is 32.0 Å². The van der Waals surface area contributed by atoms with Gasteiger partial charge in [0.25, 0.3) is 5.91 Å². The van der Waals surface area contributed by atoms with Crippen LogP contribution in [0.3, 0.4) is 0 Å². The number of carbonyl (C=O) groups excluding carboxylic acids is 1. The summed E-state index contributed by atoms with van der Waals surface area (Å²) in [5, 5.41) is 7.08. The molecule has 2 rings (SSSR count). The number of carbonyl (C=O) groups is 1. The first-order valence-electron chi connectivity index (χ1n) is 6.90. The molecule has 0 fully saturated rings. The molecule has 6 nitrogen and oxygen atoms in total. The maximum Gasteiger partial charge on any atom is 0.251 e. The molecule has 1 aromatic heterocycles. The van der Waals surface area contributed by atoms with Crippen molar-refractivity contribution in [3.8, 4) is 0 Å². The van der Waals surface area contributed by atoms with Crippen molar-refractivity contribution in [3.63, 3.8) is 0 Å². The van der Waals surface area contributed by atoms with E-state index in [-0.39, 0.29) is 27.4 Å². The fourth-order valence-electron chi connectivity index (χ4n) is 2.23. The van der Waals surface area contributed by atoms with Gasteiger partial charge in [-0.25, -0.2) is 8.42 Å². The third kappa shape index (κ3) is 3.73. The smallest absolute Gasteiger partial charge is 0.251 e. The Bertz CT molecular complexity index is 859. The third-order valence-electron chi connectivity index (χ3n) is 3.68. The van der Waals surface area contributed by atoms with Crippen molar-refractivity contribution in [2.45, 2.75) is 24.8 Å². The standard InChI is InChI=1S/C15H18ClN3O3S/c1-9(12-8-17-19(3)10(12)2)18-15(20)11-5-6-13(16)14(7-11)23(4,21)22/h5-9H,1-4H3,(H,18,20). The van der Waals surface area contributed by atoms with Crippen LogP contribution in [0.5, 0.6) is 0 Å². The molecule has 0 saturated heterocycles. The summed E-state index contributed by atoms with van der Waals surface area (Å²) in [5.74, 6) is -0.373. The SMILES string of the molecule is Cc1c(C(C)NC(=O)c2ccc(Cl)c(S(C)(=O)=O)c2)cnn1C. The molecule has 1 N–H and O–H groups in total. The number of nitrogens with zero attached hydrogens (tertiary/aromatic N) is 2. The zero-order valence-electron chi connectivity index (χ0n) is 13.3. The number of amides is 1. The number of benzene rings is 1. The van der Waals surface area contributed by atoms with Crippen LogP contribution in [0.1, 0.15) is 34.6 Å². The second-order valence-corrected chi connectivity index (χ2v) is 7.81. The molecule has 0 aliphatic carbocycles. The van der Waals surface area contributed by atoms with E-state index in [1.165, 1.54) is 18.2 Å². The Balaban J connectivity index is 2.26. The van der Waals surface area contributed by atoms with Gasteiger partial charge in [0.05, 0.1) is 22.2 Å². The zero-order valence-corrected chi connectivity index (χ0v) is 14.9. The van der Waals surface area contributed by atoms with Crippen molar-refractivity contribution >= 4 is 27.3 Å². The minimum Gasteiger partial charge on any atom is -0.345 e. The molecule has 1 heterocycles. The zero-order chi connectivity index (χ0) is 17.4. The Labute approximate surface area is 140 Å². The second-order valence-electron chi connectivity index (χ2n) is 5.42. The average Bonchev–Trinajstić information content (AvgIpc) is 2.78. The van der Waals surface area contributed by atoms with Gasteiger partial charge in [0.15, 0.2) is 9.84 Å². The summed E-state index contributed by atoms with van der Waals surface area (Å²) in [7, 11) is -1.67. The van der Waals surface area contributed by atoms with E-state index >= 15 is 0 Å². The second kappa shape index (κ2) is 6.33. The van der Waals surface area contributed by atoms with Crippen molar-refractivity contribution in [2.75, 3.05) is 6.26 Å². The van der Waals surface area contributed by atoms with Gasteiger partial charge in [-0.2, -0.15) is 5.10 Å². The van der Waals surface area contributed by atoms with E-state index in [2.05, 4.69) is 10.4 Å². The number of aromatic nitrogens is 2. The van der Waals surface area contributed by atoms with Crippen LogP contribution in [0.15, 0.2) is 29.3 Å². The average molecular weight is 356 g/mol. The van der Waals surface area contributed by atoms with E-state index in [0.29, 0.717) is 0 Å². The van der Waals surface area contributed by atoms with Gasteiger partial charge in [0.2, 0.25) is 0 Å². The Kier molecular flexibility index (Phi) is 4.81. The number of sulfone groups is 1. The Morgan fingerprint density at radius 2 is 2.04 bits per heavy atom. The molecule has 0 aliphatic rings. The molecule has 0 aliphatic heterocycles. The van der Waals surface area contributed by atoms with Crippen molar-refractivity contribution in [1.82, 2.24) is 15.1 Å². The molecule has 124 valence electrons. The topological polar surface area (TPSA) is 81.1 Å². The van der Waals surface area contributed by atoms with Crippen LogP contribution in [0.25, 0.3) is 0 Å². The van der Waals surface area contributed by atoms with E-state index < -0.39 is 9.84 Å². The number of rotatable bonds is 4. The lowest BCUT2D eigenvalue weighted by atomic mass is 10.1. The third-order valence-corrected chi connectivity index (χ3v) is 5.26. The van der Waals surface area contributed by atoms with Crippen LogP contribution in [-0.4, -0.2) is 30.4 Å². The van der Waals surface area contributed by atoms with Crippen molar-refractivity contribution in [3.05, 3.63) is 46.2 Å². The summed E-state index contributed by atoms with van der Waals surface area (Å²) in [6, 6.07) is 3.94. The molecule has 1 unspecified atom stereocenters. The predicted octanol–water partition coefficient (Wildman–Crippen LogP) is 2.28. The van der Waals surface area contributed by atoms with Crippen LogP contribution in [0.2, 0.25) is 5.02 Å². The summed E-state index contributed by atoms with van der Waals surface area (Å²) in [5.41, 5.74) is 2.09. The molecule has 0 saturated carbocycles. The van der Waals surface area contributed by atoms with E-state index in [1.54, 1.807) is 10.9 Å². The van der Waals surface area contributed by atoms with Crippen LogP contribution < -0.4 is 5.32 Å². The predicted molar refractivity (Wildman–Crippen MR) is 88.4 cm³/mol. The van der Waals surface area contributed by atoms with Gasteiger partial charge in [-0.15, -0.1) is 0 Å². The number of hydrogen-bond acceptors (Lipinski definition) is 4. The maximum absolute atomic E-state index is 12.4. The maximum atomic E-state index is 12.4. The molecule has 1 atom stereocenters. The first-order valence-corrected chi connectivity index (χ1v) is 9.17. The minimum absolute atomic E-state index is 0.0583. The van der Waals surface area contributed by atoms with Crippen molar-refractivity contribution in [1.29, 1.82) is 0 Å². The molecule has 0 radical (unpaired) electrons. The molecule has 8 heteroatoms. The van der Waals surface area contributed by atoms with E-state index in [9.17, 15) is 13.2 Å².